The van der Waals surface area contributed by atoms with Crippen LogP contribution in [0.1, 0.15) is 13.3 Å². The second-order valence-electron chi connectivity index (χ2n) is 3.42. The molecule has 1 heterocycles. The molecule has 0 aromatic heterocycles. The number of hydrogen-bond donors (Lipinski definition) is 3. The first-order valence-corrected chi connectivity index (χ1v) is 7.22. The molecule has 1 aliphatic rings. The van der Waals surface area contributed by atoms with Gasteiger partial charge in [0.05, 0.1) is 17.6 Å². The lowest BCUT2D eigenvalue weighted by Crippen LogP contribution is -2.38. The van der Waals surface area contributed by atoms with E-state index in [2.05, 4.69) is 5.32 Å². The highest BCUT2D eigenvalue weighted by Gasteiger charge is 2.26. The summed E-state index contributed by atoms with van der Waals surface area (Å²) in [5.74, 6) is -0.0506. The maximum Gasteiger partial charge on any atom is 0.343 e. The molecule has 7 heteroatoms. The van der Waals surface area contributed by atoms with Crippen molar-refractivity contribution in [1.82, 2.24) is 5.32 Å². The predicted octanol–water partition coefficient (Wildman–Crippen LogP) is 0.650. The number of rotatable bonds is 5. The van der Waals surface area contributed by atoms with Gasteiger partial charge >= 0.3 is 5.97 Å². The van der Waals surface area contributed by atoms with Crippen LogP contribution in [0.15, 0.2) is 9.81 Å². The molecular formula is C10H15NO4S2. The molecule has 0 fully saturated rings. The zero-order valence-corrected chi connectivity index (χ0v) is 11.1. The number of aliphatic carboxylic acids is 1. The van der Waals surface area contributed by atoms with E-state index in [1.54, 1.807) is 0 Å². The summed E-state index contributed by atoms with van der Waals surface area (Å²) in [6, 6.07) is -0.322. The molecule has 5 nitrogen and oxygen atoms in total. The molecule has 0 bridgehead atoms. The number of nitrogens with one attached hydrogen (secondary N) is 1. The summed E-state index contributed by atoms with van der Waals surface area (Å²) in [5, 5.41) is 20.6. The Labute approximate surface area is 108 Å². The van der Waals surface area contributed by atoms with Crippen molar-refractivity contribution in [2.75, 3.05) is 18.1 Å². The Morgan fingerprint density at radius 3 is 2.41 bits per heavy atom. The standard InChI is InChI=1S/C10H15NO4S2/c1-2-6(5-12)11-9(13)7-8(10(14)15)17-4-3-16-7/h6,12H,2-5H2,1H3,(H,11,13)(H,14,15). The van der Waals surface area contributed by atoms with Crippen LogP contribution in [0, 0.1) is 0 Å². The Kier molecular flexibility index (Phi) is 5.87. The van der Waals surface area contributed by atoms with Crippen LogP contribution < -0.4 is 5.32 Å². The highest BCUT2D eigenvalue weighted by atomic mass is 32.2. The van der Waals surface area contributed by atoms with Gasteiger partial charge in [-0.15, -0.1) is 23.5 Å². The number of carbonyl (C=O) groups is 2. The summed E-state index contributed by atoms with van der Waals surface area (Å²) in [7, 11) is 0. The Hall–Kier alpha value is -0.660. The van der Waals surface area contributed by atoms with E-state index in [-0.39, 0.29) is 22.5 Å². The van der Waals surface area contributed by atoms with Crippen LogP contribution in [0.25, 0.3) is 0 Å². The van der Waals surface area contributed by atoms with Crippen molar-refractivity contribution in [2.45, 2.75) is 19.4 Å². The minimum absolute atomic E-state index is 0.103. The van der Waals surface area contributed by atoms with Gasteiger partial charge in [-0.1, -0.05) is 6.92 Å². The molecule has 0 aliphatic carbocycles. The fourth-order valence-corrected chi connectivity index (χ4v) is 3.46. The first kappa shape index (κ1) is 14.4. The number of amides is 1. The fraction of sp³-hybridized carbons (Fsp3) is 0.600. The Morgan fingerprint density at radius 2 is 1.94 bits per heavy atom. The third kappa shape index (κ3) is 3.93. The molecule has 1 rings (SSSR count). The molecule has 1 atom stereocenters. The summed E-state index contributed by atoms with van der Waals surface area (Å²) in [5.41, 5.74) is 0. The Morgan fingerprint density at radius 1 is 1.35 bits per heavy atom. The highest BCUT2D eigenvalue weighted by Crippen LogP contribution is 2.34. The van der Waals surface area contributed by atoms with Crippen LogP contribution in [0.2, 0.25) is 0 Å². The van der Waals surface area contributed by atoms with E-state index in [4.69, 9.17) is 10.2 Å². The molecule has 0 radical (unpaired) electrons. The third-order valence-corrected chi connectivity index (χ3v) is 4.78. The summed E-state index contributed by atoms with van der Waals surface area (Å²) in [6.45, 7) is 1.70. The molecule has 0 aromatic carbocycles. The number of carbonyl (C=O) groups excluding carboxylic acids is 1. The number of carboxylic acids is 1. The molecule has 17 heavy (non-hydrogen) atoms. The summed E-state index contributed by atoms with van der Waals surface area (Å²) in [6.07, 6.45) is 0.607. The van der Waals surface area contributed by atoms with Crippen molar-refractivity contribution in [3.05, 3.63) is 9.81 Å². The minimum Gasteiger partial charge on any atom is -0.477 e. The maximum atomic E-state index is 11.9. The minimum atomic E-state index is -1.07. The van der Waals surface area contributed by atoms with Crippen molar-refractivity contribution in [3.8, 4) is 0 Å². The molecule has 0 aromatic rings. The predicted molar refractivity (Wildman–Crippen MR) is 68.9 cm³/mol. The highest BCUT2D eigenvalue weighted by molar-refractivity contribution is 8.11. The topological polar surface area (TPSA) is 86.6 Å². The maximum absolute atomic E-state index is 11.9. The van der Waals surface area contributed by atoms with Crippen LogP contribution in [0.5, 0.6) is 0 Å². The van der Waals surface area contributed by atoms with Gasteiger partial charge in [0.2, 0.25) is 0 Å². The van der Waals surface area contributed by atoms with Gasteiger partial charge in [0.1, 0.15) is 4.91 Å². The van der Waals surface area contributed by atoms with Crippen molar-refractivity contribution < 1.29 is 19.8 Å². The number of aliphatic hydroxyl groups is 1. The monoisotopic (exact) mass is 277 g/mol. The van der Waals surface area contributed by atoms with E-state index >= 15 is 0 Å². The van der Waals surface area contributed by atoms with Gasteiger partial charge in [-0.05, 0) is 6.42 Å². The summed E-state index contributed by atoms with van der Waals surface area (Å²) in [4.78, 5) is 23.2. The average molecular weight is 277 g/mol. The first-order valence-electron chi connectivity index (χ1n) is 5.25. The van der Waals surface area contributed by atoms with Crippen LogP contribution in [0.4, 0.5) is 0 Å². The zero-order chi connectivity index (χ0) is 12.8. The molecule has 3 N–H and O–H groups in total. The van der Waals surface area contributed by atoms with E-state index in [0.29, 0.717) is 12.2 Å². The quantitative estimate of drug-likeness (QED) is 0.684. The van der Waals surface area contributed by atoms with Gasteiger partial charge in [-0.3, -0.25) is 4.79 Å². The van der Waals surface area contributed by atoms with Gasteiger partial charge < -0.3 is 15.5 Å². The van der Waals surface area contributed by atoms with E-state index in [9.17, 15) is 9.59 Å². The zero-order valence-electron chi connectivity index (χ0n) is 9.43. The summed E-state index contributed by atoms with van der Waals surface area (Å²) < 4.78 is 0. The molecular weight excluding hydrogens is 262 g/mol. The second-order valence-corrected chi connectivity index (χ2v) is 5.63. The van der Waals surface area contributed by atoms with Crippen LogP contribution in [-0.4, -0.2) is 46.2 Å². The van der Waals surface area contributed by atoms with E-state index in [1.807, 2.05) is 6.92 Å². The Bertz CT molecular complexity index is 339. The van der Waals surface area contributed by atoms with Gasteiger partial charge in [0.25, 0.3) is 5.91 Å². The molecule has 0 saturated heterocycles. The van der Waals surface area contributed by atoms with Crippen molar-refractivity contribution in [2.24, 2.45) is 0 Å². The normalized spacial score (nSPS) is 17.8. The van der Waals surface area contributed by atoms with Crippen molar-refractivity contribution in [3.63, 3.8) is 0 Å². The van der Waals surface area contributed by atoms with Crippen LogP contribution in [0.3, 0.4) is 0 Å². The second kappa shape index (κ2) is 6.93. The number of carboxylic acid groups (broad SMARTS) is 1. The number of aliphatic hydroxyl groups excluding tert-OH is 1. The first-order chi connectivity index (χ1) is 8.10. The Balaban J connectivity index is 2.81. The third-order valence-electron chi connectivity index (χ3n) is 2.23. The van der Waals surface area contributed by atoms with Gasteiger partial charge in [-0.25, -0.2) is 4.79 Å². The van der Waals surface area contributed by atoms with Gasteiger partial charge in [-0.2, -0.15) is 0 Å². The lowest BCUT2D eigenvalue weighted by atomic mass is 10.2. The molecule has 96 valence electrons. The van der Waals surface area contributed by atoms with E-state index in [1.165, 1.54) is 23.5 Å². The molecule has 1 amide bonds. The SMILES string of the molecule is CCC(CO)NC(=O)C1=C(C(=O)O)SCCS1. The van der Waals surface area contributed by atoms with Crippen LogP contribution >= 0.6 is 23.5 Å². The van der Waals surface area contributed by atoms with E-state index in [0.717, 1.165) is 5.75 Å². The lowest BCUT2D eigenvalue weighted by Gasteiger charge is -2.19. The molecule has 0 saturated carbocycles. The average Bonchev–Trinajstić information content (AvgIpc) is 2.35. The van der Waals surface area contributed by atoms with Crippen molar-refractivity contribution >= 4 is 35.4 Å². The van der Waals surface area contributed by atoms with Crippen molar-refractivity contribution in [1.29, 1.82) is 0 Å². The fourth-order valence-electron chi connectivity index (χ4n) is 1.27. The number of thioether (sulfide) groups is 2. The van der Waals surface area contributed by atoms with Crippen LogP contribution in [-0.2, 0) is 9.59 Å². The summed E-state index contributed by atoms with van der Waals surface area (Å²) >= 11 is 2.44. The van der Waals surface area contributed by atoms with Gasteiger partial charge in [0.15, 0.2) is 0 Å². The molecule has 1 aliphatic heterocycles. The lowest BCUT2D eigenvalue weighted by molar-refractivity contribution is -0.132. The largest absolute Gasteiger partial charge is 0.477 e. The smallest absolute Gasteiger partial charge is 0.343 e. The van der Waals surface area contributed by atoms with E-state index < -0.39 is 11.9 Å². The van der Waals surface area contributed by atoms with Gasteiger partial charge in [0, 0.05) is 11.5 Å². The number of hydrogen-bond acceptors (Lipinski definition) is 5. The molecule has 0 spiro atoms. The molecule has 1 unspecified atom stereocenters.